The van der Waals surface area contributed by atoms with Crippen molar-refractivity contribution in [2.45, 2.75) is 24.2 Å². The maximum atomic E-state index is 12.9. The highest BCUT2D eigenvalue weighted by molar-refractivity contribution is 7.89. The summed E-state index contributed by atoms with van der Waals surface area (Å²) < 4.78 is 27.3. The average Bonchev–Trinajstić information content (AvgIpc) is 3.16. The lowest BCUT2D eigenvalue weighted by Crippen LogP contribution is -2.50. The molecule has 2 aliphatic rings. The Kier molecular flexibility index (Phi) is 4.46. The van der Waals surface area contributed by atoms with Gasteiger partial charge in [0.1, 0.15) is 5.69 Å². The first-order chi connectivity index (χ1) is 12.6. The number of sulfonamides is 1. The van der Waals surface area contributed by atoms with Gasteiger partial charge in [0, 0.05) is 38.6 Å². The number of aryl methyl sites for hydroxylation is 2. The number of amides is 1. The van der Waals surface area contributed by atoms with Crippen LogP contribution in [0.1, 0.15) is 28.0 Å². The zero-order valence-corrected chi connectivity index (χ0v) is 15.2. The van der Waals surface area contributed by atoms with Crippen LogP contribution in [0.25, 0.3) is 0 Å². The maximum Gasteiger partial charge on any atom is 0.274 e. The van der Waals surface area contributed by atoms with E-state index in [4.69, 9.17) is 0 Å². The zero-order valence-electron chi connectivity index (χ0n) is 14.3. The van der Waals surface area contributed by atoms with Crippen LogP contribution in [0.3, 0.4) is 0 Å². The van der Waals surface area contributed by atoms with E-state index in [2.05, 4.69) is 9.97 Å². The van der Waals surface area contributed by atoms with Gasteiger partial charge < -0.3 is 4.90 Å². The van der Waals surface area contributed by atoms with Gasteiger partial charge in [0.15, 0.2) is 0 Å². The lowest BCUT2D eigenvalue weighted by Gasteiger charge is -2.33. The van der Waals surface area contributed by atoms with Gasteiger partial charge in [-0.15, -0.1) is 0 Å². The Morgan fingerprint density at radius 3 is 2.50 bits per heavy atom. The van der Waals surface area contributed by atoms with Gasteiger partial charge in [0.05, 0.1) is 11.1 Å². The third kappa shape index (κ3) is 3.10. The molecule has 136 valence electrons. The first kappa shape index (κ1) is 17.1. The van der Waals surface area contributed by atoms with Crippen molar-refractivity contribution in [2.24, 2.45) is 0 Å². The van der Waals surface area contributed by atoms with E-state index in [0.717, 1.165) is 24.8 Å². The van der Waals surface area contributed by atoms with Crippen LogP contribution in [-0.4, -0.2) is 59.7 Å². The molecule has 1 fully saturated rings. The molecule has 2 heterocycles. The Morgan fingerprint density at radius 2 is 1.77 bits per heavy atom. The predicted octanol–water partition coefficient (Wildman–Crippen LogP) is 1.11. The van der Waals surface area contributed by atoms with Gasteiger partial charge in [-0.2, -0.15) is 4.31 Å². The topological polar surface area (TPSA) is 83.5 Å². The third-order valence-corrected chi connectivity index (χ3v) is 6.91. The summed E-state index contributed by atoms with van der Waals surface area (Å²) in [6.45, 7) is 1.26. The molecular formula is C18H20N4O3S. The third-order valence-electron chi connectivity index (χ3n) is 5.02. The molecular weight excluding hydrogens is 352 g/mol. The number of carbonyl (C=O) groups is 1. The Balaban J connectivity index is 1.46. The average molecular weight is 372 g/mol. The first-order valence-corrected chi connectivity index (χ1v) is 10.2. The van der Waals surface area contributed by atoms with E-state index in [9.17, 15) is 13.2 Å². The molecule has 0 saturated carbocycles. The van der Waals surface area contributed by atoms with Crippen molar-refractivity contribution in [1.29, 1.82) is 0 Å². The van der Waals surface area contributed by atoms with Gasteiger partial charge in [-0.3, -0.25) is 9.78 Å². The van der Waals surface area contributed by atoms with Crippen LogP contribution in [0.5, 0.6) is 0 Å². The number of hydrogen-bond acceptors (Lipinski definition) is 5. The van der Waals surface area contributed by atoms with Crippen molar-refractivity contribution < 1.29 is 13.2 Å². The van der Waals surface area contributed by atoms with Crippen LogP contribution in [0, 0.1) is 0 Å². The van der Waals surface area contributed by atoms with Gasteiger partial charge >= 0.3 is 0 Å². The normalized spacial score (nSPS) is 17.9. The minimum atomic E-state index is -3.53. The predicted molar refractivity (Wildman–Crippen MR) is 95.2 cm³/mol. The number of hydrogen-bond donors (Lipinski definition) is 0. The maximum absolute atomic E-state index is 12.9. The molecule has 0 unspecified atom stereocenters. The summed E-state index contributed by atoms with van der Waals surface area (Å²) in [4.78, 5) is 22.3. The van der Waals surface area contributed by atoms with E-state index in [1.165, 1.54) is 28.5 Å². The monoisotopic (exact) mass is 372 g/mol. The number of fused-ring (bicyclic) bond motifs is 1. The Labute approximate surface area is 152 Å². The molecule has 1 aliphatic heterocycles. The number of aromatic nitrogens is 2. The van der Waals surface area contributed by atoms with Crippen molar-refractivity contribution in [3.05, 3.63) is 53.6 Å². The van der Waals surface area contributed by atoms with Gasteiger partial charge in [0.2, 0.25) is 10.0 Å². The molecule has 1 aromatic carbocycles. The van der Waals surface area contributed by atoms with Crippen molar-refractivity contribution in [2.75, 3.05) is 26.2 Å². The van der Waals surface area contributed by atoms with Crippen molar-refractivity contribution in [3.8, 4) is 0 Å². The van der Waals surface area contributed by atoms with Gasteiger partial charge in [-0.1, -0.05) is 6.07 Å². The molecule has 0 bridgehead atoms. The second kappa shape index (κ2) is 6.77. The fraction of sp³-hybridized carbons (Fsp3) is 0.389. The van der Waals surface area contributed by atoms with E-state index in [0.29, 0.717) is 18.0 Å². The van der Waals surface area contributed by atoms with Gasteiger partial charge in [-0.25, -0.2) is 13.4 Å². The summed E-state index contributed by atoms with van der Waals surface area (Å²) >= 11 is 0. The number of rotatable bonds is 3. The molecule has 1 saturated heterocycles. The highest BCUT2D eigenvalue weighted by Gasteiger charge is 2.31. The van der Waals surface area contributed by atoms with Gasteiger partial charge in [-0.05, 0) is 42.5 Å². The quantitative estimate of drug-likeness (QED) is 0.806. The summed E-state index contributed by atoms with van der Waals surface area (Å²) in [5.41, 5.74) is 2.67. The highest BCUT2D eigenvalue weighted by atomic mass is 32.2. The molecule has 0 spiro atoms. The number of carbonyl (C=O) groups excluding carboxylic acids is 1. The van der Waals surface area contributed by atoms with Crippen LogP contribution in [-0.2, 0) is 22.9 Å². The Hall–Kier alpha value is -2.32. The van der Waals surface area contributed by atoms with E-state index in [1.54, 1.807) is 11.0 Å². The van der Waals surface area contributed by atoms with E-state index in [1.807, 2.05) is 12.1 Å². The van der Waals surface area contributed by atoms with Gasteiger partial charge in [0.25, 0.3) is 5.91 Å². The molecule has 2 aromatic rings. The van der Waals surface area contributed by atoms with Crippen LogP contribution in [0.2, 0.25) is 0 Å². The smallest absolute Gasteiger partial charge is 0.274 e. The Bertz CT molecular complexity index is 923. The SMILES string of the molecule is O=C(c1cnccn1)N1CCN(S(=O)(=O)c2ccc3c(c2)CCC3)CC1. The fourth-order valence-corrected chi connectivity index (χ4v) is 5.03. The number of piperazine rings is 1. The van der Waals surface area contributed by atoms with Crippen molar-refractivity contribution >= 4 is 15.9 Å². The molecule has 26 heavy (non-hydrogen) atoms. The molecule has 1 amide bonds. The molecule has 8 heteroatoms. The largest absolute Gasteiger partial charge is 0.335 e. The minimum Gasteiger partial charge on any atom is -0.335 e. The van der Waals surface area contributed by atoms with Crippen LogP contribution < -0.4 is 0 Å². The highest BCUT2D eigenvalue weighted by Crippen LogP contribution is 2.26. The molecule has 1 aliphatic carbocycles. The van der Waals surface area contributed by atoms with Crippen LogP contribution >= 0.6 is 0 Å². The molecule has 0 radical (unpaired) electrons. The number of benzene rings is 1. The fourth-order valence-electron chi connectivity index (χ4n) is 3.56. The van der Waals surface area contributed by atoms with E-state index in [-0.39, 0.29) is 24.7 Å². The second-order valence-corrected chi connectivity index (χ2v) is 8.51. The Morgan fingerprint density at radius 1 is 1.00 bits per heavy atom. The lowest BCUT2D eigenvalue weighted by atomic mass is 10.1. The lowest BCUT2D eigenvalue weighted by molar-refractivity contribution is 0.0691. The zero-order chi connectivity index (χ0) is 18.1. The molecule has 4 rings (SSSR count). The molecule has 1 aromatic heterocycles. The van der Waals surface area contributed by atoms with Crippen LogP contribution in [0.4, 0.5) is 0 Å². The van der Waals surface area contributed by atoms with Crippen molar-refractivity contribution in [3.63, 3.8) is 0 Å². The minimum absolute atomic E-state index is 0.215. The summed E-state index contributed by atoms with van der Waals surface area (Å²) in [5, 5.41) is 0. The first-order valence-electron chi connectivity index (χ1n) is 8.73. The van der Waals surface area contributed by atoms with E-state index < -0.39 is 10.0 Å². The summed E-state index contributed by atoms with van der Waals surface area (Å²) in [7, 11) is -3.53. The summed E-state index contributed by atoms with van der Waals surface area (Å²) in [5.74, 6) is -0.215. The standard InChI is InChI=1S/C18H20N4O3S/c23-18(17-13-19-6-7-20-17)21-8-10-22(11-9-21)26(24,25)16-5-4-14-2-1-3-15(14)12-16/h4-7,12-13H,1-3,8-11H2. The van der Waals surface area contributed by atoms with Crippen LogP contribution in [0.15, 0.2) is 41.7 Å². The summed E-state index contributed by atoms with van der Waals surface area (Å²) in [6.07, 6.45) is 7.47. The molecule has 0 atom stereocenters. The second-order valence-electron chi connectivity index (χ2n) is 6.57. The van der Waals surface area contributed by atoms with Crippen molar-refractivity contribution in [1.82, 2.24) is 19.2 Å². The summed E-state index contributed by atoms with van der Waals surface area (Å²) in [6, 6.07) is 5.45. The molecule has 0 N–H and O–H groups in total. The number of nitrogens with zero attached hydrogens (tertiary/aromatic N) is 4. The van der Waals surface area contributed by atoms with E-state index >= 15 is 0 Å². The molecule has 7 nitrogen and oxygen atoms in total.